The van der Waals surface area contributed by atoms with Crippen molar-refractivity contribution in [2.75, 3.05) is 13.2 Å². The minimum Gasteiger partial charge on any atom is -0.410 e. The van der Waals surface area contributed by atoms with Gasteiger partial charge >= 0.3 is 7.12 Å². The summed E-state index contributed by atoms with van der Waals surface area (Å²) in [5.41, 5.74) is 3.93. The van der Waals surface area contributed by atoms with Crippen molar-refractivity contribution < 1.29 is 13.7 Å². The fraction of sp³-hybridized carbons (Fsp3) is 0.667. The van der Waals surface area contributed by atoms with Gasteiger partial charge in [-0.3, -0.25) is 0 Å². The highest BCUT2D eigenvalue weighted by Crippen LogP contribution is 2.43. The van der Waals surface area contributed by atoms with E-state index in [0.717, 1.165) is 37.9 Å². The second kappa shape index (κ2) is 6.36. The van der Waals surface area contributed by atoms with Crippen molar-refractivity contribution in [1.82, 2.24) is 0 Å². The van der Waals surface area contributed by atoms with Crippen LogP contribution in [0.25, 0.3) is 0 Å². The molecule has 1 fully saturated rings. The number of fused-ring (bicyclic) bond motifs is 1. The van der Waals surface area contributed by atoms with Crippen molar-refractivity contribution in [3.8, 4) is 0 Å². The molecule has 1 aromatic rings. The Bertz CT molecular complexity index is 562. The monoisotopic (exact) mass is 332 g/mol. The summed E-state index contributed by atoms with van der Waals surface area (Å²) in [6.07, 6.45) is 3.43. The molecule has 0 bridgehead atoms. The van der Waals surface area contributed by atoms with Crippen LogP contribution >= 0.6 is 0 Å². The van der Waals surface area contributed by atoms with Gasteiger partial charge in [-0.05, 0) is 54.0 Å². The lowest BCUT2D eigenvalue weighted by molar-refractivity contribution is 0.143. The number of benzene rings is 1. The predicted molar refractivity (Wildman–Crippen MR) is 97.7 cm³/mol. The summed E-state index contributed by atoms with van der Waals surface area (Å²) in [6, 6.07) is 6.65. The minimum absolute atomic E-state index is 0.186. The molecule has 126 valence electrons. The van der Waals surface area contributed by atoms with Crippen LogP contribution < -0.4 is 5.46 Å². The lowest BCUT2D eigenvalue weighted by Crippen LogP contribution is -2.42. The van der Waals surface area contributed by atoms with Gasteiger partial charge in [-0.2, -0.15) is 0 Å². The van der Waals surface area contributed by atoms with Crippen LogP contribution in [0.4, 0.5) is 0 Å². The fourth-order valence-corrected chi connectivity index (χ4v) is 4.39. The topological polar surface area (TPSA) is 27.7 Å². The van der Waals surface area contributed by atoms with Gasteiger partial charge < -0.3 is 13.7 Å². The Balaban J connectivity index is 1.76. The second-order valence-corrected chi connectivity index (χ2v) is 13.0. The molecule has 0 saturated carbocycles. The van der Waals surface area contributed by atoms with E-state index in [1.807, 2.05) is 0 Å². The normalized spacial score (nSPS) is 22.3. The molecule has 0 N–H and O–H groups in total. The number of hydrogen-bond acceptors (Lipinski definition) is 3. The summed E-state index contributed by atoms with van der Waals surface area (Å²) in [4.78, 5) is 0. The molecule has 0 spiro atoms. The van der Waals surface area contributed by atoms with Crippen LogP contribution in [0, 0.1) is 0 Å². The van der Waals surface area contributed by atoms with Gasteiger partial charge in [0.15, 0.2) is 8.32 Å². The van der Waals surface area contributed by atoms with E-state index >= 15 is 0 Å². The van der Waals surface area contributed by atoms with E-state index in [-0.39, 0.29) is 18.3 Å². The zero-order valence-corrected chi connectivity index (χ0v) is 16.1. The van der Waals surface area contributed by atoms with E-state index in [9.17, 15) is 0 Å². The van der Waals surface area contributed by atoms with E-state index in [1.165, 1.54) is 11.1 Å². The van der Waals surface area contributed by atoms with E-state index in [2.05, 4.69) is 52.1 Å². The van der Waals surface area contributed by atoms with Gasteiger partial charge in [-0.25, -0.2) is 0 Å². The fourth-order valence-electron chi connectivity index (χ4n) is 3.08. The standard InChI is InChI=1S/C18H29BO3Si/c1-18(2,3)23(4,5)22-17-10-7-14-13-15(8-9-16(14)17)19-20-11-6-12-21-19/h8-9,13,17H,6-7,10-12H2,1-5H3. The molecule has 1 aliphatic carbocycles. The Morgan fingerprint density at radius 2 is 1.87 bits per heavy atom. The van der Waals surface area contributed by atoms with Crippen LogP contribution in [0.5, 0.6) is 0 Å². The molecule has 1 aliphatic heterocycles. The molecule has 0 amide bonds. The predicted octanol–water partition coefficient (Wildman–Crippen LogP) is 3.83. The average Bonchev–Trinajstić information content (AvgIpc) is 2.89. The zero-order valence-electron chi connectivity index (χ0n) is 15.1. The highest BCUT2D eigenvalue weighted by atomic mass is 28.4. The van der Waals surface area contributed by atoms with E-state index in [4.69, 9.17) is 13.7 Å². The first-order valence-corrected chi connectivity index (χ1v) is 11.7. The molecule has 1 saturated heterocycles. The van der Waals surface area contributed by atoms with Crippen molar-refractivity contribution in [1.29, 1.82) is 0 Å². The molecule has 1 atom stereocenters. The van der Waals surface area contributed by atoms with E-state index < -0.39 is 8.32 Å². The summed E-state index contributed by atoms with van der Waals surface area (Å²) in [7, 11) is -1.92. The quantitative estimate of drug-likeness (QED) is 0.788. The molecule has 23 heavy (non-hydrogen) atoms. The Morgan fingerprint density at radius 3 is 2.52 bits per heavy atom. The van der Waals surface area contributed by atoms with Gasteiger partial charge in [-0.15, -0.1) is 0 Å². The molecule has 3 nitrogen and oxygen atoms in total. The van der Waals surface area contributed by atoms with Crippen LogP contribution in [0.3, 0.4) is 0 Å². The molecule has 1 heterocycles. The van der Waals surface area contributed by atoms with Crippen molar-refractivity contribution in [2.45, 2.75) is 64.3 Å². The largest absolute Gasteiger partial charge is 0.493 e. The molecule has 5 heteroatoms. The minimum atomic E-state index is -1.73. The lowest BCUT2D eigenvalue weighted by atomic mass is 9.77. The summed E-state index contributed by atoms with van der Waals surface area (Å²) in [5.74, 6) is 0. The maximum atomic E-state index is 6.65. The maximum absolute atomic E-state index is 6.65. The maximum Gasteiger partial charge on any atom is 0.493 e. The Kier molecular flexibility index (Phi) is 4.76. The summed E-state index contributed by atoms with van der Waals surface area (Å²) >= 11 is 0. The van der Waals surface area contributed by atoms with Crippen LogP contribution in [0.15, 0.2) is 18.2 Å². The first-order valence-electron chi connectivity index (χ1n) is 8.82. The average molecular weight is 332 g/mol. The third-order valence-corrected chi connectivity index (χ3v) is 10.0. The van der Waals surface area contributed by atoms with Crippen molar-refractivity contribution in [3.63, 3.8) is 0 Å². The van der Waals surface area contributed by atoms with Gasteiger partial charge in [0.25, 0.3) is 0 Å². The van der Waals surface area contributed by atoms with Gasteiger partial charge in [0.05, 0.1) is 6.10 Å². The number of rotatable bonds is 3. The Morgan fingerprint density at radius 1 is 1.17 bits per heavy atom. The van der Waals surface area contributed by atoms with Crippen molar-refractivity contribution in [3.05, 3.63) is 29.3 Å². The molecular weight excluding hydrogens is 303 g/mol. The highest BCUT2D eigenvalue weighted by Gasteiger charge is 2.41. The first-order chi connectivity index (χ1) is 10.8. The van der Waals surface area contributed by atoms with Crippen LogP contribution in [-0.2, 0) is 20.2 Å². The van der Waals surface area contributed by atoms with E-state index in [1.54, 1.807) is 0 Å². The third kappa shape index (κ3) is 3.58. The van der Waals surface area contributed by atoms with Crippen LogP contribution in [0.2, 0.25) is 18.1 Å². The molecule has 0 aromatic heterocycles. The SMILES string of the molecule is CC(C)(C)[Si](C)(C)OC1CCc2cc(B3OCCCO3)ccc21. The smallest absolute Gasteiger partial charge is 0.410 e. The Hall–Kier alpha value is -0.618. The van der Waals surface area contributed by atoms with Crippen molar-refractivity contribution in [2.24, 2.45) is 0 Å². The van der Waals surface area contributed by atoms with Gasteiger partial charge in [0.2, 0.25) is 0 Å². The first kappa shape index (κ1) is 17.2. The zero-order chi connectivity index (χ0) is 16.7. The van der Waals surface area contributed by atoms with Gasteiger partial charge in [0, 0.05) is 13.2 Å². The van der Waals surface area contributed by atoms with Crippen LogP contribution in [0.1, 0.15) is 50.8 Å². The summed E-state index contributed by atoms with van der Waals surface area (Å²) in [5, 5.41) is 0.249. The van der Waals surface area contributed by atoms with Gasteiger partial charge in [-0.1, -0.05) is 39.0 Å². The van der Waals surface area contributed by atoms with Gasteiger partial charge in [0.1, 0.15) is 0 Å². The second-order valence-electron chi connectivity index (χ2n) is 8.29. The molecular formula is C18H29BO3Si. The molecule has 0 radical (unpaired) electrons. The Labute approximate surface area is 142 Å². The number of hydrogen-bond donors (Lipinski definition) is 0. The lowest BCUT2D eigenvalue weighted by Gasteiger charge is -2.38. The molecule has 1 aromatic carbocycles. The molecule has 2 aliphatic rings. The molecule has 1 unspecified atom stereocenters. The highest BCUT2D eigenvalue weighted by molar-refractivity contribution is 6.74. The molecule has 3 rings (SSSR count). The summed E-state index contributed by atoms with van der Waals surface area (Å²) < 4.78 is 18.1. The van der Waals surface area contributed by atoms with Crippen LogP contribution in [-0.4, -0.2) is 28.6 Å². The summed E-state index contributed by atoms with van der Waals surface area (Å²) in [6.45, 7) is 13.2. The number of aryl methyl sites for hydroxylation is 1. The third-order valence-electron chi connectivity index (χ3n) is 5.53. The van der Waals surface area contributed by atoms with E-state index in [0.29, 0.717) is 0 Å². The van der Waals surface area contributed by atoms with Crippen molar-refractivity contribution >= 4 is 20.9 Å².